The molecule has 0 saturated carbocycles. The Morgan fingerprint density at radius 3 is 2.00 bits per heavy atom. The first-order chi connectivity index (χ1) is 3.98. The van der Waals surface area contributed by atoms with Gasteiger partial charge in [-0.2, -0.15) is 24.9 Å². The van der Waals surface area contributed by atoms with E-state index in [1.54, 1.807) is 6.26 Å². The first-order valence-electron chi connectivity index (χ1n) is 2.54. The highest BCUT2D eigenvalue weighted by molar-refractivity contribution is 7.98. The lowest BCUT2D eigenvalue weighted by Gasteiger charge is -2.12. The van der Waals surface area contributed by atoms with Gasteiger partial charge < -0.3 is 0 Å². The standard InChI is InChI=1S/C5H9F3S/c1-4(3-9-2)5(6,7)8/h4H,3H2,1-2H3. The minimum Gasteiger partial charge on any atom is -0.171 e. The Morgan fingerprint density at radius 1 is 1.44 bits per heavy atom. The number of rotatable bonds is 2. The van der Waals surface area contributed by atoms with E-state index in [1.807, 2.05) is 0 Å². The smallest absolute Gasteiger partial charge is 0.171 e. The molecule has 0 heterocycles. The van der Waals surface area contributed by atoms with Crippen molar-refractivity contribution < 1.29 is 13.2 Å². The molecule has 0 N–H and O–H groups in total. The third-order valence-corrected chi connectivity index (χ3v) is 1.81. The Hall–Kier alpha value is 0.140. The van der Waals surface area contributed by atoms with Crippen molar-refractivity contribution in [2.75, 3.05) is 12.0 Å². The molecule has 0 fully saturated rings. The van der Waals surface area contributed by atoms with E-state index in [1.165, 1.54) is 18.7 Å². The molecule has 0 rings (SSSR count). The van der Waals surface area contributed by atoms with Crippen LogP contribution in [0.5, 0.6) is 0 Å². The predicted molar refractivity (Wildman–Crippen MR) is 33.6 cm³/mol. The molecule has 1 atom stereocenters. The predicted octanol–water partition coefficient (Wildman–Crippen LogP) is 2.55. The van der Waals surface area contributed by atoms with Crippen molar-refractivity contribution in [3.05, 3.63) is 0 Å². The van der Waals surface area contributed by atoms with E-state index in [2.05, 4.69) is 0 Å². The zero-order chi connectivity index (χ0) is 7.49. The molecule has 0 amide bonds. The summed E-state index contributed by atoms with van der Waals surface area (Å²) in [4.78, 5) is 0. The van der Waals surface area contributed by atoms with E-state index in [-0.39, 0.29) is 5.75 Å². The van der Waals surface area contributed by atoms with Gasteiger partial charge in [0.2, 0.25) is 0 Å². The first-order valence-corrected chi connectivity index (χ1v) is 3.93. The topological polar surface area (TPSA) is 0 Å². The van der Waals surface area contributed by atoms with Crippen LogP contribution in [-0.4, -0.2) is 18.2 Å². The summed E-state index contributed by atoms with van der Waals surface area (Å²) in [7, 11) is 0. The number of hydrogen-bond acceptors (Lipinski definition) is 1. The second-order valence-electron chi connectivity index (χ2n) is 1.90. The molecule has 0 radical (unpaired) electrons. The first kappa shape index (κ1) is 9.14. The monoisotopic (exact) mass is 158 g/mol. The third-order valence-electron chi connectivity index (χ3n) is 0.975. The summed E-state index contributed by atoms with van der Waals surface area (Å²) in [5.41, 5.74) is 0. The fraction of sp³-hybridized carbons (Fsp3) is 1.00. The Labute approximate surface area is 56.8 Å². The summed E-state index contributed by atoms with van der Waals surface area (Å²) in [5.74, 6) is -1.02. The van der Waals surface area contributed by atoms with Gasteiger partial charge in [0.15, 0.2) is 0 Å². The summed E-state index contributed by atoms with van der Waals surface area (Å²) >= 11 is 1.22. The van der Waals surface area contributed by atoms with Crippen molar-refractivity contribution >= 4 is 11.8 Å². The fourth-order valence-corrected chi connectivity index (χ4v) is 1.03. The van der Waals surface area contributed by atoms with Crippen LogP contribution < -0.4 is 0 Å². The second kappa shape index (κ2) is 3.34. The zero-order valence-corrected chi connectivity index (χ0v) is 6.14. The van der Waals surface area contributed by atoms with E-state index in [0.29, 0.717) is 0 Å². The Kier molecular flexibility index (Phi) is 3.40. The maximum Gasteiger partial charge on any atom is 0.392 e. The molecule has 4 heteroatoms. The molecule has 0 aliphatic carbocycles. The summed E-state index contributed by atoms with van der Waals surface area (Å²) in [6.45, 7) is 1.19. The summed E-state index contributed by atoms with van der Waals surface area (Å²) < 4.78 is 34.9. The molecule has 0 bridgehead atoms. The highest BCUT2D eigenvalue weighted by Gasteiger charge is 2.34. The van der Waals surface area contributed by atoms with E-state index in [9.17, 15) is 13.2 Å². The molecule has 0 spiro atoms. The van der Waals surface area contributed by atoms with E-state index in [4.69, 9.17) is 0 Å². The van der Waals surface area contributed by atoms with Crippen molar-refractivity contribution in [3.63, 3.8) is 0 Å². The number of halogens is 3. The molecular formula is C5H9F3S. The fourth-order valence-electron chi connectivity index (χ4n) is 0.344. The van der Waals surface area contributed by atoms with Crippen molar-refractivity contribution in [2.45, 2.75) is 13.1 Å². The van der Waals surface area contributed by atoms with E-state index in [0.717, 1.165) is 0 Å². The van der Waals surface area contributed by atoms with E-state index < -0.39 is 12.1 Å². The zero-order valence-electron chi connectivity index (χ0n) is 5.33. The largest absolute Gasteiger partial charge is 0.392 e. The quantitative estimate of drug-likeness (QED) is 0.595. The lowest BCUT2D eigenvalue weighted by Crippen LogP contribution is -2.21. The van der Waals surface area contributed by atoms with Crippen molar-refractivity contribution in [2.24, 2.45) is 5.92 Å². The normalized spacial score (nSPS) is 15.7. The van der Waals surface area contributed by atoms with Crippen molar-refractivity contribution in [1.29, 1.82) is 0 Å². The Balaban J connectivity index is 3.59. The van der Waals surface area contributed by atoms with Gasteiger partial charge in [0.25, 0.3) is 0 Å². The van der Waals surface area contributed by atoms with Crippen molar-refractivity contribution in [3.8, 4) is 0 Å². The highest BCUT2D eigenvalue weighted by atomic mass is 32.2. The summed E-state index contributed by atoms with van der Waals surface area (Å²) in [5, 5.41) is 0. The average molecular weight is 158 g/mol. The molecule has 0 saturated heterocycles. The van der Waals surface area contributed by atoms with Gasteiger partial charge in [-0.3, -0.25) is 0 Å². The van der Waals surface area contributed by atoms with Gasteiger partial charge in [0, 0.05) is 5.75 Å². The third kappa shape index (κ3) is 3.67. The van der Waals surface area contributed by atoms with Crippen LogP contribution >= 0.6 is 11.8 Å². The van der Waals surface area contributed by atoms with Gasteiger partial charge in [0.1, 0.15) is 0 Å². The molecule has 0 aromatic heterocycles. The van der Waals surface area contributed by atoms with Crippen LogP contribution in [0.4, 0.5) is 13.2 Å². The van der Waals surface area contributed by atoms with Gasteiger partial charge in [-0.15, -0.1) is 0 Å². The summed E-state index contributed by atoms with van der Waals surface area (Å²) in [6, 6.07) is 0. The number of alkyl halides is 3. The van der Waals surface area contributed by atoms with Crippen LogP contribution in [0, 0.1) is 5.92 Å². The second-order valence-corrected chi connectivity index (χ2v) is 2.81. The molecule has 0 aliphatic rings. The molecule has 0 aliphatic heterocycles. The van der Waals surface area contributed by atoms with Crippen LogP contribution in [0.2, 0.25) is 0 Å². The maximum absolute atomic E-state index is 11.6. The molecule has 56 valence electrons. The molecular weight excluding hydrogens is 149 g/mol. The lowest BCUT2D eigenvalue weighted by molar-refractivity contribution is -0.162. The van der Waals surface area contributed by atoms with Crippen LogP contribution in [0.15, 0.2) is 0 Å². The lowest BCUT2D eigenvalue weighted by atomic mass is 10.2. The molecule has 0 aromatic carbocycles. The number of hydrogen-bond donors (Lipinski definition) is 0. The molecule has 0 nitrogen and oxygen atoms in total. The van der Waals surface area contributed by atoms with Crippen LogP contribution in [-0.2, 0) is 0 Å². The van der Waals surface area contributed by atoms with Crippen molar-refractivity contribution in [1.82, 2.24) is 0 Å². The Bertz CT molecular complexity index is 78.8. The number of thioether (sulfide) groups is 1. The van der Waals surface area contributed by atoms with Gasteiger partial charge in [-0.05, 0) is 6.26 Å². The van der Waals surface area contributed by atoms with E-state index >= 15 is 0 Å². The van der Waals surface area contributed by atoms with Crippen LogP contribution in [0.1, 0.15) is 6.92 Å². The average Bonchev–Trinajstić information content (AvgIpc) is 1.64. The summed E-state index contributed by atoms with van der Waals surface area (Å²) in [6.07, 6.45) is -2.34. The molecule has 1 unspecified atom stereocenters. The van der Waals surface area contributed by atoms with Crippen LogP contribution in [0.25, 0.3) is 0 Å². The van der Waals surface area contributed by atoms with Gasteiger partial charge in [-0.25, -0.2) is 0 Å². The molecule has 0 aromatic rings. The Morgan fingerprint density at radius 2 is 1.89 bits per heavy atom. The minimum absolute atomic E-state index is 0.156. The highest BCUT2D eigenvalue weighted by Crippen LogP contribution is 2.27. The van der Waals surface area contributed by atoms with Gasteiger partial charge in [0.05, 0.1) is 5.92 Å². The van der Waals surface area contributed by atoms with Gasteiger partial charge >= 0.3 is 6.18 Å². The van der Waals surface area contributed by atoms with Crippen LogP contribution in [0.3, 0.4) is 0 Å². The SMILES string of the molecule is CSCC(C)C(F)(F)F. The molecule has 9 heavy (non-hydrogen) atoms. The van der Waals surface area contributed by atoms with Gasteiger partial charge in [-0.1, -0.05) is 6.92 Å². The minimum atomic E-state index is -4.01. The maximum atomic E-state index is 11.6.